The maximum Gasteiger partial charge on any atom is 0.182 e. The van der Waals surface area contributed by atoms with Crippen LogP contribution in [0.15, 0.2) is 41.3 Å². The zero-order chi connectivity index (χ0) is 19.7. The minimum absolute atomic E-state index is 0.152. The van der Waals surface area contributed by atoms with Crippen molar-refractivity contribution in [1.29, 1.82) is 0 Å². The summed E-state index contributed by atoms with van der Waals surface area (Å²) in [5.74, 6) is 1.75. The van der Waals surface area contributed by atoms with E-state index in [0.29, 0.717) is 29.0 Å². The molecule has 28 heavy (non-hydrogen) atoms. The molecule has 0 amide bonds. The molecule has 0 aromatic heterocycles. The molecule has 4 nitrogen and oxygen atoms in total. The standard InChI is InChI=1S/C22H26FNO3S/c1-14-9-10-24(11-14)15(2)12-26-17-5-3-16(4-6-17)20-13-28-22-19(27-20)8-7-18(25)21(22)23/h3-8,14-15,20,25H,9-13H2,1-2H3/t14?,15-,20+/m0/s1. The van der Waals surface area contributed by atoms with Gasteiger partial charge in [0.2, 0.25) is 0 Å². The highest BCUT2D eigenvalue weighted by atomic mass is 32.2. The monoisotopic (exact) mass is 403 g/mol. The van der Waals surface area contributed by atoms with Gasteiger partial charge in [-0.25, -0.2) is 4.39 Å². The average molecular weight is 404 g/mol. The fraction of sp³-hybridized carbons (Fsp3) is 0.455. The van der Waals surface area contributed by atoms with Gasteiger partial charge in [0.05, 0.1) is 4.90 Å². The fourth-order valence-corrected chi connectivity index (χ4v) is 4.80. The summed E-state index contributed by atoms with van der Waals surface area (Å²) in [6.07, 6.45) is 1.12. The van der Waals surface area contributed by atoms with E-state index in [0.717, 1.165) is 30.3 Å². The van der Waals surface area contributed by atoms with Crippen LogP contribution in [-0.2, 0) is 0 Å². The normalized spacial score (nSPS) is 23.1. The van der Waals surface area contributed by atoms with Crippen LogP contribution >= 0.6 is 11.8 Å². The van der Waals surface area contributed by atoms with E-state index in [1.165, 1.54) is 24.2 Å². The van der Waals surface area contributed by atoms with E-state index < -0.39 is 5.82 Å². The van der Waals surface area contributed by atoms with Crippen molar-refractivity contribution >= 4 is 11.8 Å². The second-order valence-corrected chi connectivity index (χ2v) is 8.79. The Labute approximate surface area is 169 Å². The van der Waals surface area contributed by atoms with Crippen molar-refractivity contribution < 1.29 is 19.0 Å². The molecule has 3 atom stereocenters. The van der Waals surface area contributed by atoms with Gasteiger partial charge in [-0.05, 0) is 55.6 Å². The van der Waals surface area contributed by atoms with Crippen molar-refractivity contribution in [1.82, 2.24) is 4.90 Å². The number of aromatic hydroxyl groups is 1. The number of phenolic OH excluding ortho intramolecular Hbond substituents is 1. The molecule has 2 aromatic rings. The molecular formula is C22H26FNO3S. The summed E-state index contributed by atoms with van der Waals surface area (Å²) in [5.41, 5.74) is 1.03. The molecule has 2 aliphatic rings. The highest BCUT2D eigenvalue weighted by Crippen LogP contribution is 2.44. The summed E-state index contributed by atoms with van der Waals surface area (Å²) in [6.45, 7) is 7.50. The Morgan fingerprint density at radius 2 is 2.07 bits per heavy atom. The third-order valence-corrected chi connectivity index (χ3v) is 6.65. The maximum atomic E-state index is 14.0. The van der Waals surface area contributed by atoms with Crippen LogP contribution in [0.3, 0.4) is 0 Å². The van der Waals surface area contributed by atoms with Crippen LogP contribution in [-0.4, -0.2) is 41.5 Å². The van der Waals surface area contributed by atoms with Crippen molar-refractivity contribution in [3.8, 4) is 17.2 Å². The van der Waals surface area contributed by atoms with Crippen LogP contribution in [0, 0.1) is 11.7 Å². The minimum Gasteiger partial charge on any atom is -0.505 e. The van der Waals surface area contributed by atoms with Crippen LogP contribution in [0.1, 0.15) is 31.9 Å². The Morgan fingerprint density at radius 1 is 1.29 bits per heavy atom. The highest BCUT2D eigenvalue weighted by molar-refractivity contribution is 7.99. The molecule has 2 aromatic carbocycles. The molecule has 0 radical (unpaired) electrons. The molecule has 6 heteroatoms. The predicted molar refractivity (Wildman–Crippen MR) is 109 cm³/mol. The summed E-state index contributed by atoms with van der Waals surface area (Å²) in [6, 6.07) is 11.3. The average Bonchev–Trinajstić information content (AvgIpc) is 3.15. The lowest BCUT2D eigenvalue weighted by molar-refractivity contribution is 0.169. The van der Waals surface area contributed by atoms with E-state index in [-0.39, 0.29) is 11.9 Å². The Hall–Kier alpha value is -1.92. The Morgan fingerprint density at radius 3 is 2.79 bits per heavy atom. The van der Waals surface area contributed by atoms with E-state index in [1.807, 2.05) is 24.3 Å². The summed E-state index contributed by atoms with van der Waals surface area (Å²) < 4.78 is 25.9. The third kappa shape index (κ3) is 4.08. The summed E-state index contributed by atoms with van der Waals surface area (Å²) >= 11 is 1.37. The Balaban J connectivity index is 1.35. The summed E-state index contributed by atoms with van der Waals surface area (Å²) in [5, 5.41) is 9.50. The van der Waals surface area contributed by atoms with E-state index in [2.05, 4.69) is 18.7 Å². The van der Waals surface area contributed by atoms with E-state index >= 15 is 0 Å². The zero-order valence-corrected chi connectivity index (χ0v) is 17.0. The minimum atomic E-state index is -0.605. The molecule has 1 N–H and O–H groups in total. The lowest BCUT2D eigenvalue weighted by Gasteiger charge is -2.26. The van der Waals surface area contributed by atoms with Crippen LogP contribution < -0.4 is 9.47 Å². The van der Waals surface area contributed by atoms with Crippen LogP contribution in [0.4, 0.5) is 4.39 Å². The molecule has 1 unspecified atom stereocenters. The number of benzene rings is 2. The lowest BCUT2D eigenvalue weighted by atomic mass is 10.1. The molecule has 2 aliphatic heterocycles. The Bertz CT molecular complexity index is 829. The van der Waals surface area contributed by atoms with Gasteiger partial charge in [-0.2, -0.15) is 0 Å². The van der Waals surface area contributed by atoms with E-state index in [4.69, 9.17) is 9.47 Å². The first-order valence-corrected chi connectivity index (χ1v) is 10.8. The topological polar surface area (TPSA) is 41.9 Å². The van der Waals surface area contributed by atoms with Gasteiger partial charge in [0.25, 0.3) is 0 Å². The predicted octanol–water partition coefficient (Wildman–Crippen LogP) is 4.87. The van der Waals surface area contributed by atoms with Gasteiger partial charge in [0.1, 0.15) is 24.2 Å². The number of thioether (sulfide) groups is 1. The van der Waals surface area contributed by atoms with Gasteiger partial charge < -0.3 is 14.6 Å². The zero-order valence-electron chi connectivity index (χ0n) is 16.2. The number of hydrogen-bond acceptors (Lipinski definition) is 5. The molecule has 0 bridgehead atoms. The number of halogens is 1. The van der Waals surface area contributed by atoms with Gasteiger partial charge in [0.15, 0.2) is 11.6 Å². The SMILES string of the molecule is CC1CCN([C@@H](C)COc2ccc([C@H]3CSc4c(ccc(O)c4F)O3)cc2)C1. The number of phenols is 1. The summed E-state index contributed by atoms with van der Waals surface area (Å²) in [7, 11) is 0. The molecule has 0 saturated carbocycles. The molecule has 0 spiro atoms. The number of nitrogens with zero attached hydrogens (tertiary/aromatic N) is 1. The summed E-state index contributed by atoms with van der Waals surface area (Å²) in [4.78, 5) is 2.86. The van der Waals surface area contributed by atoms with Gasteiger partial charge in [-0.15, -0.1) is 11.8 Å². The van der Waals surface area contributed by atoms with Gasteiger partial charge in [-0.3, -0.25) is 4.90 Å². The molecule has 150 valence electrons. The molecule has 1 fully saturated rings. The first kappa shape index (κ1) is 19.4. The van der Waals surface area contributed by atoms with Crippen molar-refractivity contribution in [2.24, 2.45) is 5.92 Å². The number of hydrogen-bond donors (Lipinski definition) is 1. The first-order valence-electron chi connectivity index (χ1n) is 9.79. The van der Waals surface area contributed by atoms with E-state index in [1.54, 1.807) is 6.07 Å². The fourth-order valence-electron chi connectivity index (χ4n) is 3.74. The van der Waals surface area contributed by atoms with Crippen molar-refractivity contribution in [2.75, 3.05) is 25.4 Å². The quantitative estimate of drug-likeness (QED) is 0.772. The van der Waals surface area contributed by atoms with Gasteiger partial charge in [0, 0.05) is 18.3 Å². The van der Waals surface area contributed by atoms with Gasteiger partial charge >= 0.3 is 0 Å². The highest BCUT2D eigenvalue weighted by Gasteiger charge is 2.26. The molecule has 1 saturated heterocycles. The van der Waals surface area contributed by atoms with E-state index in [9.17, 15) is 9.50 Å². The molecule has 4 rings (SSSR count). The largest absolute Gasteiger partial charge is 0.505 e. The number of ether oxygens (including phenoxy) is 2. The van der Waals surface area contributed by atoms with Crippen LogP contribution in [0.5, 0.6) is 17.2 Å². The number of fused-ring (bicyclic) bond motifs is 1. The third-order valence-electron chi connectivity index (χ3n) is 5.51. The van der Waals surface area contributed by atoms with Crippen molar-refractivity contribution in [3.63, 3.8) is 0 Å². The van der Waals surface area contributed by atoms with Gasteiger partial charge in [-0.1, -0.05) is 19.1 Å². The smallest absolute Gasteiger partial charge is 0.182 e. The first-order chi connectivity index (χ1) is 13.5. The second-order valence-electron chi connectivity index (χ2n) is 7.76. The maximum absolute atomic E-state index is 14.0. The van der Waals surface area contributed by atoms with Crippen LogP contribution in [0.25, 0.3) is 0 Å². The molecule has 2 heterocycles. The number of rotatable bonds is 5. The molecular weight excluding hydrogens is 377 g/mol. The lowest BCUT2D eigenvalue weighted by Crippen LogP contribution is -2.35. The number of likely N-dealkylation sites (tertiary alicyclic amines) is 1. The molecule has 0 aliphatic carbocycles. The van der Waals surface area contributed by atoms with Crippen LogP contribution in [0.2, 0.25) is 0 Å². The van der Waals surface area contributed by atoms with Crippen molar-refractivity contribution in [2.45, 2.75) is 37.3 Å². The second kappa shape index (κ2) is 8.21. The Kier molecular flexibility index (Phi) is 5.69. The van der Waals surface area contributed by atoms with Crippen molar-refractivity contribution in [3.05, 3.63) is 47.8 Å².